The van der Waals surface area contributed by atoms with E-state index in [1.807, 2.05) is 0 Å². The van der Waals surface area contributed by atoms with Gasteiger partial charge >= 0.3 is 0 Å². The normalized spacial score (nSPS) is 23.6. The van der Waals surface area contributed by atoms with Gasteiger partial charge < -0.3 is 15.4 Å². The standard InChI is InChI=1S/C15H30N2O2/c1-5-7-15(8-6-10-17-15)13(18)16-12-14(2,3)9-11-19-4/h17H,5-12H2,1-4H3,(H,16,18). The number of ether oxygens (including phenoxy) is 1. The second kappa shape index (κ2) is 7.25. The van der Waals surface area contributed by atoms with Crippen LogP contribution < -0.4 is 10.6 Å². The highest BCUT2D eigenvalue weighted by molar-refractivity contribution is 5.86. The highest BCUT2D eigenvalue weighted by atomic mass is 16.5. The molecule has 4 nitrogen and oxygen atoms in total. The molecule has 0 bridgehead atoms. The van der Waals surface area contributed by atoms with Gasteiger partial charge in [-0.3, -0.25) is 4.79 Å². The van der Waals surface area contributed by atoms with Gasteiger partial charge in [0.25, 0.3) is 0 Å². The molecule has 0 aromatic carbocycles. The minimum absolute atomic E-state index is 0.0810. The monoisotopic (exact) mass is 270 g/mol. The van der Waals surface area contributed by atoms with Crippen molar-refractivity contribution in [3.8, 4) is 0 Å². The summed E-state index contributed by atoms with van der Waals surface area (Å²) in [6.07, 6.45) is 4.98. The Morgan fingerprint density at radius 2 is 2.21 bits per heavy atom. The summed E-state index contributed by atoms with van der Waals surface area (Å²) in [4.78, 5) is 12.5. The third kappa shape index (κ3) is 4.77. The van der Waals surface area contributed by atoms with Crippen LogP contribution in [0.25, 0.3) is 0 Å². The lowest BCUT2D eigenvalue weighted by atomic mass is 9.87. The summed E-state index contributed by atoms with van der Waals surface area (Å²) < 4.78 is 5.12. The van der Waals surface area contributed by atoms with Crippen molar-refractivity contribution >= 4 is 5.91 Å². The third-order valence-corrected chi connectivity index (χ3v) is 4.07. The molecule has 1 amide bonds. The van der Waals surface area contributed by atoms with Crippen LogP contribution >= 0.6 is 0 Å². The fourth-order valence-electron chi connectivity index (χ4n) is 2.71. The van der Waals surface area contributed by atoms with Crippen molar-refractivity contribution in [1.82, 2.24) is 10.6 Å². The molecule has 1 unspecified atom stereocenters. The maximum absolute atomic E-state index is 12.5. The van der Waals surface area contributed by atoms with Gasteiger partial charge in [-0.1, -0.05) is 27.2 Å². The third-order valence-electron chi connectivity index (χ3n) is 4.07. The Balaban J connectivity index is 2.49. The summed E-state index contributed by atoms with van der Waals surface area (Å²) in [6, 6.07) is 0. The number of hydrogen-bond acceptors (Lipinski definition) is 3. The molecular weight excluding hydrogens is 240 g/mol. The van der Waals surface area contributed by atoms with Crippen molar-refractivity contribution in [1.29, 1.82) is 0 Å². The van der Waals surface area contributed by atoms with Crippen LogP contribution in [0.15, 0.2) is 0 Å². The SMILES string of the molecule is CCCC1(C(=O)NCC(C)(C)CCOC)CCCN1. The van der Waals surface area contributed by atoms with Crippen molar-refractivity contribution in [2.45, 2.75) is 58.4 Å². The molecule has 0 aliphatic carbocycles. The van der Waals surface area contributed by atoms with Crippen LogP contribution in [-0.4, -0.2) is 38.3 Å². The molecule has 19 heavy (non-hydrogen) atoms. The number of hydrogen-bond donors (Lipinski definition) is 2. The first-order chi connectivity index (χ1) is 8.96. The van der Waals surface area contributed by atoms with Crippen LogP contribution in [0.5, 0.6) is 0 Å². The van der Waals surface area contributed by atoms with E-state index in [-0.39, 0.29) is 16.9 Å². The highest BCUT2D eigenvalue weighted by Crippen LogP contribution is 2.26. The molecule has 0 aromatic heterocycles. The maximum Gasteiger partial charge on any atom is 0.240 e. The summed E-state index contributed by atoms with van der Waals surface area (Å²) in [7, 11) is 1.72. The lowest BCUT2D eigenvalue weighted by Gasteiger charge is -2.31. The predicted octanol–water partition coefficient (Wildman–Crippen LogP) is 2.09. The number of methoxy groups -OCH3 is 1. The van der Waals surface area contributed by atoms with Crippen molar-refractivity contribution in [3.63, 3.8) is 0 Å². The number of amides is 1. The zero-order valence-electron chi connectivity index (χ0n) is 13.0. The van der Waals surface area contributed by atoms with Crippen LogP contribution in [0.3, 0.4) is 0 Å². The lowest BCUT2D eigenvalue weighted by molar-refractivity contribution is -0.128. The molecule has 1 aliphatic rings. The Morgan fingerprint density at radius 3 is 2.74 bits per heavy atom. The van der Waals surface area contributed by atoms with Gasteiger partial charge in [-0.05, 0) is 37.6 Å². The Morgan fingerprint density at radius 1 is 1.47 bits per heavy atom. The first kappa shape index (κ1) is 16.4. The molecule has 1 saturated heterocycles. The van der Waals surface area contributed by atoms with E-state index >= 15 is 0 Å². The Kier molecular flexibility index (Phi) is 6.27. The predicted molar refractivity (Wildman–Crippen MR) is 78.2 cm³/mol. The van der Waals surface area contributed by atoms with Gasteiger partial charge in [0.2, 0.25) is 5.91 Å². The van der Waals surface area contributed by atoms with Gasteiger partial charge in [0.15, 0.2) is 0 Å². The Hall–Kier alpha value is -0.610. The molecule has 0 radical (unpaired) electrons. The molecule has 1 heterocycles. The summed E-state index contributed by atoms with van der Waals surface area (Å²) in [5.74, 6) is 0.178. The van der Waals surface area contributed by atoms with Crippen LogP contribution in [-0.2, 0) is 9.53 Å². The number of rotatable bonds is 8. The molecule has 1 rings (SSSR count). The van der Waals surface area contributed by atoms with Gasteiger partial charge in [-0.15, -0.1) is 0 Å². The maximum atomic E-state index is 12.5. The average molecular weight is 270 g/mol. The molecular formula is C15H30N2O2. The van der Waals surface area contributed by atoms with Crippen molar-refractivity contribution in [3.05, 3.63) is 0 Å². The number of carbonyl (C=O) groups excluding carboxylic acids is 1. The van der Waals surface area contributed by atoms with Crippen molar-refractivity contribution < 1.29 is 9.53 Å². The largest absolute Gasteiger partial charge is 0.385 e. The summed E-state index contributed by atoms with van der Waals surface area (Å²) in [5.41, 5.74) is -0.232. The summed E-state index contributed by atoms with van der Waals surface area (Å²) >= 11 is 0. The van der Waals surface area contributed by atoms with Crippen LogP contribution in [0.1, 0.15) is 52.9 Å². The van der Waals surface area contributed by atoms with E-state index in [1.54, 1.807) is 7.11 Å². The Bertz CT molecular complexity index is 284. The van der Waals surface area contributed by atoms with Crippen molar-refractivity contribution in [2.75, 3.05) is 26.8 Å². The quantitative estimate of drug-likeness (QED) is 0.710. The summed E-state index contributed by atoms with van der Waals surface area (Å²) in [5, 5.41) is 6.56. The number of nitrogens with one attached hydrogen (secondary N) is 2. The van der Waals surface area contributed by atoms with E-state index in [1.165, 1.54) is 0 Å². The van der Waals surface area contributed by atoms with E-state index in [4.69, 9.17) is 4.74 Å². The van der Waals surface area contributed by atoms with E-state index in [9.17, 15) is 4.79 Å². The fourth-order valence-corrected chi connectivity index (χ4v) is 2.71. The fraction of sp³-hybridized carbons (Fsp3) is 0.933. The van der Waals surface area contributed by atoms with Gasteiger partial charge in [0, 0.05) is 20.3 Å². The first-order valence-corrected chi connectivity index (χ1v) is 7.48. The molecule has 0 saturated carbocycles. The smallest absolute Gasteiger partial charge is 0.240 e. The minimum atomic E-state index is -0.313. The van der Waals surface area contributed by atoms with Gasteiger partial charge in [0.05, 0.1) is 5.54 Å². The second-order valence-corrected chi connectivity index (χ2v) is 6.45. The molecule has 0 aromatic rings. The van der Waals surface area contributed by atoms with Crippen LogP contribution in [0.2, 0.25) is 0 Å². The minimum Gasteiger partial charge on any atom is -0.385 e. The zero-order valence-corrected chi connectivity index (χ0v) is 13.0. The first-order valence-electron chi connectivity index (χ1n) is 7.48. The van der Waals surface area contributed by atoms with Gasteiger partial charge in [0.1, 0.15) is 0 Å². The molecule has 1 atom stereocenters. The highest BCUT2D eigenvalue weighted by Gasteiger charge is 2.40. The average Bonchev–Trinajstić information content (AvgIpc) is 2.84. The Labute approximate surface area is 117 Å². The van der Waals surface area contributed by atoms with Gasteiger partial charge in [-0.25, -0.2) is 0 Å². The van der Waals surface area contributed by atoms with E-state index in [0.29, 0.717) is 6.54 Å². The molecule has 1 fully saturated rings. The van der Waals surface area contributed by atoms with Gasteiger partial charge in [-0.2, -0.15) is 0 Å². The molecule has 0 spiro atoms. The van der Waals surface area contributed by atoms with Crippen molar-refractivity contribution in [2.24, 2.45) is 5.41 Å². The molecule has 4 heteroatoms. The van der Waals surface area contributed by atoms with E-state index in [2.05, 4.69) is 31.4 Å². The van der Waals surface area contributed by atoms with Crippen LogP contribution in [0, 0.1) is 5.41 Å². The van der Waals surface area contributed by atoms with Crippen LogP contribution in [0.4, 0.5) is 0 Å². The summed E-state index contributed by atoms with van der Waals surface area (Å²) in [6.45, 7) is 8.88. The zero-order chi connectivity index (χ0) is 14.4. The number of carbonyl (C=O) groups is 1. The molecule has 2 N–H and O–H groups in total. The lowest BCUT2D eigenvalue weighted by Crippen LogP contribution is -2.54. The second-order valence-electron chi connectivity index (χ2n) is 6.45. The van der Waals surface area contributed by atoms with E-state index < -0.39 is 0 Å². The van der Waals surface area contributed by atoms with E-state index in [0.717, 1.165) is 45.3 Å². The molecule has 112 valence electrons. The topological polar surface area (TPSA) is 50.4 Å². The molecule has 1 aliphatic heterocycles.